The molecule has 0 spiro atoms. The van der Waals surface area contributed by atoms with E-state index in [1.165, 1.54) is 29.5 Å². The van der Waals surface area contributed by atoms with Crippen molar-refractivity contribution in [2.24, 2.45) is 0 Å². The Balaban J connectivity index is 1.47. The molecule has 122 valence electrons. The molecule has 0 radical (unpaired) electrons. The maximum atomic E-state index is 12.4. The summed E-state index contributed by atoms with van der Waals surface area (Å²) in [6.45, 7) is 1.46. The molecule has 0 saturated heterocycles. The second-order valence-corrected chi connectivity index (χ2v) is 5.78. The third-order valence-electron chi connectivity index (χ3n) is 4.23. The van der Waals surface area contributed by atoms with Gasteiger partial charge in [0.05, 0.1) is 11.9 Å². The molecule has 0 aliphatic carbocycles. The summed E-state index contributed by atoms with van der Waals surface area (Å²) in [4.78, 5) is 12.4. The second-order valence-electron chi connectivity index (χ2n) is 5.78. The summed E-state index contributed by atoms with van der Waals surface area (Å²) in [7, 11) is 0. The summed E-state index contributed by atoms with van der Waals surface area (Å²) in [5, 5.41) is 18.4. The average Bonchev–Trinajstić information content (AvgIpc) is 3.30. The van der Waals surface area contributed by atoms with Gasteiger partial charge < -0.3 is 5.32 Å². The fourth-order valence-electron chi connectivity index (χ4n) is 2.98. The first kappa shape index (κ1) is 14.6. The minimum absolute atomic E-state index is 0.124. The van der Waals surface area contributed by atoms with Gasteiger partial charge in [0.2, 0.25) is 0 Å². The van der Waals surface area contributed by atoms with Gasteiger partial charge in [-0.2, -0.15) is 5.10 Å². The summed E-state index contributed by atoms with van der Waals surface area (Å²) in [6, 6.07) is 7.20. The zero-order valence-electron chi connectivity index (χ0n) is 13.1. The van der Waals surface area contributed by atoms with Crippen LogP contribution in [0.25, 0.3) is 5.69 Å². The zero-order chi connectivity index (χ0) is 16.4. The van der Waals surface area contributed by atoms with Crippen molar-refractivity contribution in [3.63, 3.8) is 0 Å². The first-order valence-electron chi connectivity index (χ1n) is 7.96. The molecule has 3 aromatic rings. The van der Waals surface area contributed by atoms with Crippen molar-refractivity contribution in [3.05, 3.63) is 53.6 Å². The number of hydrogen-bond acceptors (Lipinski definition) is 5. The first-order chi connectivity index (χ1) is 11.8. The molecule has 8 nitrogen and oxygen atoms in total. The van der Waals surface area contributed by atoms with E-state index >= 15 is 0 Å². The van der Waals surface area contributed by atoms with Crippen LogP contribution in [0.2, 0.25) is 0 Å². The van der Waals surface area contributed by atoms with Gasteiger partial charge in [0.25, 0.3) is 5.91 Å². The van der Waals surface area contributed by atoms with Gasteiger partial charge in [-0.25, -0.2) is 4.68 Å². The van der Waals surface area contributed by atoms with E-state index in [-0.39, 0.29) is 5.91 Å². The molecule has 1 aliphatic heterocycles. The number of carbonyl (C=O) groups excluding carboxylic acids is 1. The lowest BCUT2D eigenvalue weighted by molar-refractivity contribution is 0.0950. The van der Waals surface area contributed by atoms with Crippen LogP contribution in [0.4, 0.5) is 0 Å². The number of nitrogens with zero attached hydrogens (tertiary/aromatic N) is 6. The zero-order valence-corrected chi connectivity index (χ0v) is 13.1. The number of rotatable bonds is 4. The minimum Gasteiger partial charge on any atom is -0.348 e. The largest absolute Gasteiger partial charge is 0.348 e. The van der Waals surface area contributed by atoms with Crippen molar-refractivity contribution in [2.75, 3.05) is 0 Å². The topological polar surface area (TPSA) is 90.5 Å². The van der Waals surface area contributed by atoms with Gasteiger partial charge >= 0.3 is 0 Å². The smallest absolute Gasteiger partial charge is 0.251 e. The van der Waals surface area contributed by atoms with Crippen LogP contribution in [0.15, 0.2) is 36.8 Å². The molecule has 4 rings (SSSR count). The number of aryl methyl sites for hydroxylation is 1. The highest BCUT2D eigenvalue weighted by atomic mass is 16.1. The lowest BCUT2D eigenvalue weighted by Crippen LogP contribution is -2.24. The van der Waals surface area contributed by atoms with E-state index in [4.69, 9.17) is 0 Å². The van der Waals surface area contributed by atoms with Gasteiger partial charge in [-0.05, 0) is 47.9 Å². The first-order valence-corrected chi connectivity index (χ1v) is 7.96. The highest BCUT2D eigenvalue weighted by molar-refractivity contribution is 5.94. The van der Waals surface area contributed by atoms with Crippen LogP contribution in [0, 0.1) is 0 Å². The Kier molecular flexibility index (Phi) is 3.78. The molecule has 0 fully saturated rings. The molecule has 1 aliphatic rings. The van der Waals surface area contributed by atoms with Crippen molar-refractivity contribution in [2.45, 2.75) is 32.4 Å². The maximum Gasteiger partial charge on any atom is 0.251 e. The number of carbonyl (C=O) groups is 1. The fraction of sp³-hybridized carbons (Fsp3) is 0.312. The van der Waals surface area contributed by atoms with Gasteiger partial charge in [0, 0.05) is 29.9 Å². The molecular formula is C16H17N7O. The van der Waals surface area contributed by atoms with Gasteiger partial charge in [0.15, 0.2) is 0 Å². The number of fused-ring (bicyclic) bond motifs is 1. The van der Waals surface area contributed by atoms with Crippen molar-refractivity contribution in [3.8, 4) is 5.69 Å². The highest BCUT2D eigenvalue weighted by Crippen LogP contribution is 2.18. The minimum atomic E-state index is -0.124. The predicted octanol–water partition coefficient (Wildman–Crippen LogP) is 1.13. The van der Waals surface area contributed by atoms with Crippen LogP contribution >= 0.6 is 0 Å². The van der Waals surface area contributed by atoms with Crippen LogP contribution in [0.5, 0.6) is 0 Å². The van der Waals surface area contributed by atoms with Gasteiger partial charge in [-0.15, -0.1) is 5.10 Å². The molecule has 0 unspecified atom stereocenters. The summed E-state index contributed by atoms with van der Waals surface area (Å²) < 4.78 is 3.56. The number of tetrazole rings is 1. The van der Waals surface area contributed by atoms with Gasteiger partial charge in [-0.3, -0.25) is 9.48 Å². The number of hydrogen-bond donors (Lipinski definition) is 1. The average molecular weight is 323 g/mol. The van der Waals surface area contributed by atoms with Crippen LogP contribution in [0.1, 0.15) is 34.5 Å². The standard InChI is InChI=1S/C16H17N7O/c24-16(12-4-3-5-14(8-12)23-11-18-20-21-23)17-9-13-10-19-22-7-2-1-6-15(13)22/h3-5,8,10-11H,1-2,6-7,9H2,(H,17,24). The van der Waals surface area contributed by atoms with E-state index in [2.05, 4.69) is 25.9 Å². The lowest BCUT2D eigenvalue weighted by Gasteiger charge is -2.15. The summed E-state index contributed by atoms with van der Waals surface area (Å²) >= 11 is 0. The lowest BCUT2D eigenvalue weighted by atomic mass is 10.1. The maximum absolute atomic E-state index is 12.4. The SMILES string of the molecule is O=C(NCc1cnn2c1CCCC2)c1cccc(-n2cnnn2)c1. The molecular weight excluding hydrogens is 306 g/mol. The van der Waals surface area contributed by atoms with Crippen molar-refractivity contribution >= 4 is 5.91 Å². The number of nitrogens with one attached hydrogen (secondary N) is 1. The Morgan fingerprint density at radius 1 is 1.29 bits per heavy atom. The van der Waals surface area contributed by atoms with Gasteiger partial charge in [-0.1, -0.05) is 6.07 Å². The molecule has 24 heavy (non-hydrogen) atoms. The number of amides is 1. The summed E-state index contributed by atoms with van der Waals surface area (Å²) in [6.07, 6.45) is 6.74. The highest BCUT2D eigenvalue weighted by Gasteiger charge is 2.15. The Labute approximate surface area is 138 Å². The van der Waals surface area contributed by atoms with Crippen LogP contribution in [-0.4, -0.2) is 35.9 Å². The normalized spacial score (nSPS) is 13.5. The predicted molar refractivity (Wildman–Crippen MR) is 85.5 cm³/mol. The monoisotopic (exact) mass is 323 g/mol. The van der Waals surface area contributed by atoms with Crippen molar-refractivity contribution < 1.29 is 4.79 Å². The molecule has 3 heterocycles. The Hall–Kier alpha value is -3.03. The van der Waals surface area contributed by atoms with E-state index in [9.17, 15) is 4.79 Å². The quantitative estimate of drug-likeness (QED) is 0.777. The second kappa shape index (κ2) is 6.23. The van der Waals surface area contributed by atoms with Crippen LogP contribution in [-0.2, 0) is 19.5 Å². The molecule has 8 heteroatoms. The molecule has 1 N–H and O–H groups in total. The molecule has 0 atom stereocenters. The van der Waals surface area contributed by atoms with E-state index in [1.54, 1.807) is 12.1 Å². The third kappa shape index (κ3) is 2.78. The molecule has 2 aromatic heterocycles. The van der Waals surface area contributed by atoms with E-state index in [1.807, 2.05) is 23.0 Å². The Morgan fingerprint density at radius 2 is 2.25 bits per heavy atom. The van der Waals surface area contributed by atoms with Crippen LogP contribution in [0.3, 0.4) is 0 Å². The van der Waals surface area contributed by atoms with Crippen LogP contribution < -0.4 is 5.32 Å². The summed E-state index contributed by atoms with van der Waals surface area (Å²) in [5.74, 6) is -0.124. The Morgan fingerprint density at radius 3 is 3.12 bits per heavy atom. The molecule has 1 amide bonds. The molecule has 0 saturated carbocycles. The van der Waals surface area contributed by atoms with E-state index in [0.29, 0.717) is 12.1 Å². The number of aromatic nitrogens is 6. The molecule has 1 aromatic carbocycles. The third-order valence-corrected chi connectivity index (χ3v) is 4.23. The molecule has 0 bridgehead atoms. The Bertz CT molecular complexity index is 853. The van der Waals surface area contributed by atoms with E-state index < -0.39 is 0 Å². The summed E-state index contributed by atoms with van der Waals surface area (Å²) in [5.41, 5.74) is 3.66. The van der Waals surface area contributed by atoms with Crippen molar-refractivity contribution in [1.29, 1.82) is 0 Å². The van der Waals surface area contributed by atoms with E-state index in [0.717, 1.165) is 24.2 Å². The number of benzene rings is 1. The van der Waals surface area contributed by atoms with Crippen molar-refractivity contribution in [1.82, 2.24) is 35.3 Å². The van der Waals surface area contributed by atoms with Gasteiger partial charge in [0.1, 0.15) is 6.33 Å². The fourth-order valence-corrected chi connectivity index (χ4v) is 2.98.